The van der Waals surface area contributed by atoms with E-state index in [0.29, 0.717) is 11.6 Å². The fourth-order valence-corrected chi connectivity index (χ4v) is 1.30. The van der Waals surface area contributed by atoms with Gasteiger partial charge in [-0.3, -0.25) is 9.78 Å². The maximum atomic E-state index is 11.6. The Bertz CT molecular complexity index is 388. The number of hydrogen-bond acceptors (Lipinski definition) is 3. The molecule has 7 heteroatoms. The molecule has 19 heavy (non-hydrogen) atoms. The van der Waals surface area contributed by atoms with Gasteiger partial charge in [0.05, 0.1) is 11.9 Å². The van der Waals surface area contributed by atoms with E-state index in [-0.39, 0.29) is 36.4 Å². The van der Waals surface area contributed by atoms with Gasteiger partial charge in [-0.05, 0) is 26.0 Å². The number of nitrogens with one attached hydrogen (secondary N) is 3. The number of halogens is 1. The van der Waals surface area contributed by atoms with Crippen molar-refractivity contribution < 1.29 is 4.79 Å². The molecule has 0 unspecified atom stereocenters. The van der Waals surface area contributed by atoms with Crippen molar-refractivity contribution in [2.75, 3.05) is 25.0 Å². The maximum absolute atomic E-state index is 11.6. The molecule has 0 aliphatic carbocycles. The summed E-state index contributed by atoms with van der Waals surface area (Å²) in [6, 6.07) is 3.55. The smallest absolute Gasteiger partial charge is 0.246 e. The predicted molar refractivity (Wildman–Crippen MR) is 87.9 cm³/mol. The lowest BCUT2D eigenvalue weighted by Crippen LogP contribution is -2.37. The molecule has 1 amide bonds. The van der Waals surface area contributed by atoms with Crippen LogP contribution in [0.3, 0.4) is 0 Å². The summed E-state index contributed by atoms with van der Waals surface area (Å²) < 4.78 is 0. The number of carbonyl (C=O) groups is 1. The molecule has 0 radical (unpaired) electrons. The van der Waals surface area contributed by atoms with Gasteiger partial charge in [0.25, 0.3) is 0 Å². The van der Waals surface area contributed by atoms with Crippen molar-refractivity contribution in [3.8, 4) is 0 Å². The van der Waals surface area contributed by atoms with Crippen LogP contribution in [-0.4, -0.2) is 36.5 Å². The highest BCUT2D eigenvalue weighted by Gasteiger charge is 2.02. The van der Waals surface area contributed by atoms with E-state index in [0.717, 1.165) is 13.1 Å². The van der Waals surface area contributed by atoms with Crippen molar-refractivity contribution >= 4 is 41.5 Å². The summed E-state index contributed by atoms with van der Waals surface area (Å²) in [7, 11) is 0. The first-order valence-corrected chi connectivity index (χ1v) is 5.98. The van der Waals surface area contributed by atoms with Crippen molar-refractivity contribution in [3.05, 3.63) is 24.5 Å². The van der Waals surface area contributed by atoms with Crippen LogP contribution < -0.4 is 16.0 Å². The lowest BCUT2D eigenvalue weighted by atomic mass is 10.4. The maximum Gasteiger partial charge on any atom is 0.246 e. The zero-order valence-electron chi connectivity index (χ0n) is 11.1. The fourth-order valence-electron chi connectivity index (χ4n) is 1.30. The molecule has 1 aromatic heterocycles. The number of guanidine groups is 1. The van der Waals surface area contributed by atoms with E-state index in [2.05, 4.69) is 25.9 Å². The minimum absolute atomic E-state index is 0. The van der Waals surface area contributed by atoms with Gasteiger partial charge in [-0.25, -0.2) is 4.99 Å². The molecule has 0 fully saturated rings. The summed E-state index contributed by atoms with van der Waals surface area (Å²) in [5.41, 5.74) is 0.672. The van der Waals surface area contributed by atoms with Crippen LogP contribution in [0.4, 0.5) is 5.69 Å². The van der Waals surface area contributed by atoms with Crippen molar-refractivity contribution in [3.63, 3.8) is 0 Å². The lowest BCUT2D eigenvalue weighted by molar-refractivity contribution is -0.114. The third-order valence-electron chi connectivity index (χ3n) is 2.01. The highest BCUT2D eigenvalue weighted by Crippen LogP contribution is 2.01. The van der Waals surface area contributed by atoms with Gasteiger partial charge in [0.2, 0.25) is 5.91 Å². The van der Waals surface area contributed by atoms with Crippen molar-refractivity contribution in [2.24, 2.45) is 4.99 Å². The average molecular weight is 377 g/mol. The third-order valence-corrected chi connectivity index (χ3v) is 2.01. The standard InChI is InChI=1S/C12H19N5O.HI/c1-3-14-12(15-4-2)16-9-11(18)17-10-6-5-7-13-8-10;/h5-8H,3-4,9H2,1-2H3,(H,17,18)(H2,14,15,16);1H. The average Bonchev–Trinajstić information content (AvgIpc) is 2.38. The van der Waals surface area contributed by atoms with Crippen LogP contribution in [0.5, 0.6) is 0 Å². The Hall–Kier alpha value is -1.38. The number of aromatic nitrogens is 1. The van der Waals surface area contributed by atoms with E-state index >= 15 is 0 Å². The number of carbonyl (C=O) groups excluding carboxylic acids is 1. The zero-order valence-corrected chi connectivity index (χ0v) is 13.5. The molecule has 0 saturated heterocycles. The quantitative estimate of drug-likeness (QED) is 0.410. The fraction of sp³-hybridized carbons (Fsp3) is 0.417. The number of aliphatic imine (C=N–C) groups is 1. The summed E-state index contributed by atoms with van der Waals surface area (Å²) in [5.74, 6) is 0.470. The minimum Gasteiger partial charge on any atom is -0.357 e. The highest BCUT2D eigenvalue weighted by molar-refractivity contribution is 14.0. The largest absolute Gasteiger partial charge is 0.357 e. The lowest BCUT2D eigenvalue weighted by Gasteiger charge is -2.09. The Morgan fingerprint density at radius 3 is 2.53 bits per heavy atom. The van der Waals surface area contributed by atoms with E-state index < -0.39 is 0 Å². The van der Waals surface area contributed by atoms with Crippen LogP contribution in [0.25, 0.3) is 0 Å². The van der Waals surface area contributed by atoms with Crippen LogP contribution in [0.15, 0.2) is 29.5 Å². The Kier molecular flexibility index (Phi) is 9.77. The summed E-state index contributed by atoms with van der Waals surface area (Å²) in [4.78, 5) is 19.7. The van der Waals surface area contributed by atoms with E-state index in [1.165, 1.54) is 0 Å². The first kappa shape index (κ1) is 17.6. The normalized spacial score (nSPS) is 8.95. The topological polar surface area (TPSA) is 78.4 Å². The molecule has 0 atom stereocenters. The number of rotatable bonds is 5. The molecule has 1 heterocycles. The van der Waals surface area contributed by atoms with Gasteiger partial charge < -0.3 is 16.0 Å². The second-order valence-corrected chi connectivity index (χ2v) is 3.52. The number of nitrogens with zero attached hydrogens (tertiary/aromatic N) is 2. The van der Waals surface area contributed by atoms with E-state index in [4.69, 9.17) is 0 Å². The highest BCUT2D eigenvalue weighted by atomic mass is 127. The van der Waals surface area contributed by atoms with Crippen molar-refractivity contribution in [1.82, 2.24) is 15.6 Å². The molecule has 3 N–H and O–H groups in total. The Morgan fingerprint density at radius 1 is 1.32 bits per heavy atom. The van der Waals surface area contributed by atoms with Gasteiger partial charge in [-0.1, -0.05) is 0 Å². The van der Waals surface area contributed by atoms with Crippen LogP contribution >= 0.6 is 24.0 Å². The van der Waals surface area contributed by atoms with Crippen molar-refractivity contribution in [1.29, 1.82) is 0 Å². The molecule has 0 saturated carbocycles. The summed E-state index contributed by atoms with van der Waals surface area (Å²) in [5, 5.41) is 8.82. The van der Waals surface area contributed by atoms with Crippen molar-refractivity contribution in [2.45, 2.75) is 13.8 Å². The first-order valence-electron chi connectivity index (χ1n) is 5.98. The SMILES string of the molecule is CCNC(=NCC(=O)Nc1cccnc1)NCC.I. The Balaban J connectivity index is 0.00000324. The number of pyridine rings is 1. The molecule has 0 spiro atoms. The van der Waals surface area contributed by atoms with E-state index in [1.54, 1.807) is 24.5 Å². The molecular formula is C12H20IN5O. The zero-order chi connectivity index (χ0) is 13.2. The van der Waals surface area contributed by atoms with E-state index in [9.17, 15) is 4.79 Å². The molecule has 0 aliphatic rings. The molecule has 1 rings (SSSR count). The van der Waals surface area contributed by atoms with Gasteiger partial charge in [-0.15, -0.1) is 24.0 Å². The Labute approximate surface area is 130 Å². The number of amides is 1. The van der Waals surface area contributed by atoms with E-state index in [1.807, 2.05) is 13.8 Å². The van der Waals surface area contributed by atoms with Crippen LogP contribution in [-0.2, 0) is 4.79 Å². The molecule has 0 aromatic carbocycles. The van der Waals surface area contributed by atoms with Gasteiger partial charge in [0, 0.05) is 19.3 Å². The monoisotopic (exact) mass is 377 g/mol. The molecular weight excluding hydrogens is 357 g/mol. The summed E-state index contributed by atoms with van der Waals surface area (Å²) in [6.07, 6.45) is 3.25. The predicted octanol–water partition coefficient (Wildman–Crippen LogP) is 1.21. The minimum atomic E-state index is -0.170. The second kappa shape index (κ2) is 10.5. The van der Waals surface area contributed by atoms with Crippen LogP contribution in [0.1, 0.15) is 13.8 Å². The molecule has 6 nitrogen and oxygen atoms in total. The van der Waals surface area contributed by atoms with Gasteiger partial charge >= 0.3 is 0 Å². The number of anilines is 1. The first-order chi connectivity index (χ1) is 8.76. The van der Waals surface area contributed by atoms with Crippen LogP contribution in [0.2, 0.25) is 0 Å². The third kappa shape index (κ3) is 7.60. The molecule has 1 aromatic rings. The Morgan fingerprint density at radius 2 is 2.00 bits per heavy atom. The summed E-state index contributed by atoms with van der Waals surface area (Å²) >= 11 is 0. The molecule has 0 aliphatic heterocycles. The second-order valence-electron chi connectivity index (χ2n) is 3.52. The van der Waals surface area contributed by atoms with Gasteiger partial charge in [0.15, 0.2) is 5.96 Å². The molecule has 0 bridgehead atoms. The summed E-state index contributed by atoms with van der Waals surface area (Å²) in [6.45, 7) is 5.54. The number of hydrogen-bond donors (Lipinski definition) is 3. The molecule has 106 valence electrons. The van der Waals surface area contributed by atoms with Crippen LogP contribution in [0, 0.1) is 0 Å². The van der Waals surface area contributed by atoms with Gasteiger partial charge in [0.1, 0.15) is 6.54 Å². The van der Waals surface area contributed by atoms with Gasteiger partial charge in [-0.2, -0.15) is 0 Å².